The molecule has 1 unspecified atom stereocenters. The Morgan fingerprint density at radius 1 is 1.44 bits per heavy atom. The van der Waals surface area contributed by atoms with Gasteiger partial charge in [-0.2, -0.15) is 0 Å². The van der Waals surface area contributed by atoms with Crippen LogP contribution in [0.25, 0.3) is 0 Å². The summed E-state index contributed by atoms with van der Waals surface area (Å²) in [5, 5.41) is 4.42. The van der Waals surface area contributed by atoms with Gasteiger partial charge in [-0.25, -0.2) is 0 Å². The molecule has 0 amide bonds. The summed E-state index contributed by atoms with van der Waals surface area (Å²) >= 11 is 6.13. The van der Waals surface area contributed by atoms with Crippen LogP contribution in [0.4, 0.5) is 0 Å². The van der Waals surface area contributed by atoms with E-state index < -0.39 is 0 Å². The number of rotatable bonds is 5. The molecule has 3 heteroatoms. The lowest BCUT2D eigenvalue weighted by Crippen LogP contribution is -2.37. The Hall–Kier alpha value is -0.570. The van der Waals surface area contributed by atoms with Gasteiger partial charge in [0, 0.05) is 24.2 Å². The largest absolute Gasteiger partial charge is 0.311 e. The molecule has 1 aromatic rings. The summed E-state index contributed by atoms with van der Waals surface area (Å²) in [6, 6.07) is 7.03. The molecule has 1 aliphatic rings. The molecule has 0 bridgehead atoms. The van der Waals surface area contributed by atoms with Crippen molar-refractivity contribution in [1.82, 2.24) is 10.2 Å². The van der Waals surface area contributed by atoms with Crippen molar-refractivity contribution < 1.29 is 0 Å². The molecule has 0 spiro atoms. The molecule has 0 aliphatic carbocycles. The van der Waals surface area contributed by atoms with Gasteiger partial charge in [0.15, 0.2) is 0 Å². The zero-order chi connectivity index (χ0) is 13.0. The predicted octanol–water partition coefficient (Wildman–Crippen LogP) is 3.22. The number of benzene rings is 1. The lowest BCUT2D eigenvalue weighted by atomic mass is 10.1. The number of nitrogens with one attached hydrogen (secondary N) is 1. The SMILES string of the molecule is CCN1CCCC1CNCc1ccc(C)c(Cl)c1. The van der Waals surface area contributed by atoms with E-state index in [1.165, 1.54) is 31.5 Å². The number of likely N-dealkylation sites (tertiary alicyclic amines) is 1. The highest BCUT2D eigenvalue weighted by Crippen LogP contribution is 2.18. The smallest absolute Gasteiger partial charge is 0.0438 e. The quantitative estimate of drug-likeness (QED) is 0.880. The van der Waals surface area contributed by atoms with Crippen LogP contribution in [0, 0.1) is 6.92 Å². The summed E-state index contributed by atoms with van der Waals surface area (Å²) in [6.45, 7) is 8.71. The maximum atomic E-state index is 6.13. The van der Waals surface area contributed by atoms with E-state index in [9.17, 15) is 0 Å². The van der Waals surface area contributed by atoms with Gasteiger partial charge in [-0.1, -0.05) is 30.7 Å². The minimum Gasteiger partial charge on any atom is -0.311 e. The molecule has 1 heterocycles. The van der Waals surface area contributed by atoms with Crippen molar-refractivity contribution in [3.8, 4) is 0 Å². The average Bonchev–Trinajstić information content (AvgIpc) is 2.81. The molecular weight excluding hydrogens is 244 g/mol. The maximum Gasteiger partial charge on any atom is 0.0438 e. The van der Waals surface area contributed by atoms with Crippen molar-refractivity contribution >= 4 is 11.6 Å². The van der Waals surface area contributed by atoms with E-state index in [0.717, 1.165) is 29.7 Å². The molecule has 18 heavy (non-hydrogen) atoms. The van der Waals surface area contributed by atoms with Gasteiger partial charge < -0.3 is 5.32 Å². The van der Waals surface area contributed by atoms with Crippen LogP contribution in [0.1, 0.15) is 30.9 Å². The van der Waals surface area contributed by atoms with Gasteiger partial charge in [0.25, 0.3) is 0 Å². The molecule has 2 rings (SSSR count). The molecule has 1 aromatic carbocycles. The zero-order valence-corrected chi connectivity index (χ0v) is 12.1. The van der Waals surface area contributed by atoms with E-state index in [2.05, 4.69) is 35.3 Å². The second kappa shape index (κ2) is 6.55. The van der Waals surface area contributed by atoms with Crippen molar-refractivity contribution in [2.24, 2.45) is 0 Å². The number of hydrogen-bond donors (Lipinski definition) is 1. The molecule has 1 aliphatic heterocycles. The van der Waals surface area contributed by atoms with Crippen LogP contribution in [0.2, 0.25) is 5.02 Å². The first-order valence-corrected chi connectivity index (χ1v) is 7.28. The van der Waals surface area contributed by atoms with Crippen LogP contribution in [-0.4, -0.2) is 30.6 Å². The van der Waals surface area contributed by atoms with Crippen molar-refractivity contribution in [3.05, 3.63) is 34.3 Å². The Kier molecular flexibility index (Phi) is 5.04. The zero-order valence-electron chi connectivity index (χ0n) is 11.4. The lowest BCUT2D eigenvalue weighted by Gasteiger charge is -2.23. The number of halogens is 1. The Bertz CT molecular complexity index is 392. The molecule has 1 fully saturated rings. The number of aryl methyl sites for hydroxylation is 1. The molecule has 1 atom stereocenters. The summed E-state index contributed by atoms with van der Waals surface area (Å²) in [5.41, 5.74) is 2.42. The van der Waals surface area contributed by atoms with E-state index in [1.54, 1.807) is 0 Å². The normalized spacial score (nSPS) is 20.5. The van der Waals surface area contributed by atoms with Crippen molar-refractivity contribution in [3.63, 3.8) is 0 Å². The summed E-state index contributed by atoms with van der Waals surface area (Å²) in [5.74, 6) is 0. The van der Waals surface area contributed by atoms with Crippen molar-refractivity contribution in [1.29, 1.82) is 0 Å². The highest BCUT2D eigenvalue weighted by Gasteiger charge is 2.21. The molecule has 100 valence electrons. The Morgan fingerprint density at radius 2 is 2.28 bits per heavy atom. The monoisotopic (exact) mass is 266 g/mol. The Balaban J connectivity index is 1.79. The lowest BCUT2D eigenvalue weighted by molar-refractivity contribution is 0.260. The molecule has 0 aromatic heterocycles. The summed E-state index contributed by atoms with van der Waals surface area (Å²) < 4.78 is 0. The van der Waals surface area contributed by atoms with Gasteiger partial charge in [-0.15, -0.1) is 0 Å². The standard InChI is InChI=1S/C15H23ClN2/c1-3-18-8-4-5-14(18)11-17-10-13-7-6-12(2)15(16)9-13/h6-7,9,14,17H,3-5,8,10-11H2,1-2H3. The molecule has 1 saturated heterocycles. The maximum absolute atomic E-state index is 6.13. The molecular formula is C15H23ClN2. The van der Waals surface area contributed by atoms with Crippen LogP contribution in [-0.2, 0) is 6.54 Å². The van der Waals surface area contributed by atoms with Gasteiger partial charge in [-0.3, -0.25) is 4.90 Å². The Morgan fingerprint density at radius 3 is 3.00 bits per heavy atom. The summed E-state index contributed by atoms with van der Waals surface area (Å²) in [4.78, 5) is 2.56. The fourth-order valence-electron chi connectivity index (χ4n) is 2.67. The number of likely N-dealkylation sites (N-methyl/N-ethyl adjacent to an activating group) is 1. The van der Waals surface area contributed by atoms with E-state index in [4.69, 9.17) is 11.6 Å². The molecule has 1 N–H and O–H groups in total. The van der Waals surface area contributed by atoms with Crippen LogP contribution in [0.3, 0.4) is 0 Å². The van der Waals surface area contributed by atoms with E-state index in [1.807, 2.05) is 6.92 Å². The van der Waals surface area contributed by atoms with E-state index in [0.29, 0.717) is 0 Å². The van der Waals surface area contributed by atoms with Crippen LogP contribution >= 0.6 is 11.6 Å². The first-order chi connectivity index (χ1) is 8.70. The Labute approximate surface area is 115 Å². The van der Waals surface area contributed by atoms with Crippen molar-refractivity contribution in [2.45, 2.75) is 39.3 Å². The number of hydrogen-bond acceptors (Lipinski definition) is 2. The third-order valence-electron chi connectivity index (χ3n) is 3.85. The van der Waals surface area contributed by atoms with Crippen LogP contribution < -0.4 is 5.32 Å². The second-order valence-corrected chi connectivity index (χ2v) is 5.55. The highest BCUT2D eigenvalue weighted by atomic mass is 35.5. The van der Waals surface area contributed by atoms with Gasteiger partial charge >= 0.3 is 0 Å². The summed E-state index contributed by atoms with van der Waals surface area (Å²) in [6.07, 6.45) is 2.67. The fraction of sp³-hybridized carbons (Fsp3) is 0.600. The topological polar surface area (TPSA) is 15.3 Å². The first-order valence-electron chi connectivity index (χ1n) is 6.90. The fourth-order valence-corrected chi connectivity index (χ4v) is 2.88. The van der Waals surface area contributed by atoms with Gasteiger partial charge in [0.1, 0.15) is 0 Å². The summed E-state index contributed by atoms with van der Waals surface area (Å²) in [7, 11) is 0. The minimum absolute atomic E-state index is 0.718. The van der Waals surface area contributed by atoms with Crippen LogP contribution in [0.5, 0.6) is 0 Å². The average molecular weight is 267 g/mol. The third-order valence-corrected chi connectivity index (χ3v) is 4.26. The van der Waals surface area contributed by atoms with E-state index >= 15 is 0 Å². The number of nitrogens with zero attached hydrogens (tertiary/aromatic N) is 1. The van der Waals surface area contributed by atoms with Crippen molar-refractivity contribution in [2.75, 3.05) is 19.6 Å². The minimum atomic E-state index is 0.718. The van der Waals surface area contributed by atoms with Gasteiger partial charge in [0.2, 0.25) is 0 Å². The second-order valence-electron chi connectivity index (χ2n) is 5.14. The molecule has 0 saturated carbocycles. The first kappa shape index (κ1) is 13.9. The van der Waals surface area contributed by atoms with E-state index in [-0.39, 0.29) is 0 Å². The predicted molar refractivity (Wildman–Crippen MR) is 78.2 cm³/mol. The highest BCUT2D eigenvalue weighted by molar-refractivity contribution is 6.31. The third kappa shape index (κ3) is 3.47. The van der Waals surface area contributed by atoms with Crippen LogP contribution in [0.15, 0.2) is 18.2 Å². The van der Waals surface area contributed by atoms with Gasteiger partial charge in [-0.05, 0) is 50.0 Å². The molecule has 2 nitrogen and oxygen atoms in total. The van der Waals surface area contributed by atoms with Gasteiger partial charge in [0.05, 0.1) is 0 Å². The molecule has 0 radical (unpaired) electrons.